The summed E-state index contributed by atoms with van der Waals surface area (Å²) in [6.07, 6.45) is 7.49. The van der Waals surface area contributed by atoms with Crippen molar-refractivity contribution in [3.05, 3.63) is 47.5 Å². The molecule has 47 heavy (non-hydrogen) atoms. The van der Waals surface area contributed by atoms with Crippen LogP contribution in [0.15, 0.2) is 30.5 Å². The van der Waals surface area contributed by atoms with Crippen LogP contribution in [0, 0.1) is 17.7 Å². The van der Waals surface area contributed by atoms with Crippen LogP contribution in [0.4, 0.5) is 14.9 Å². The van der Waals surface area contributed by atoms with Crippen molar-refractivity contribution < 1.29 is 23.6 Å². The number of carbonyl (C=O) groups is 4. The molecule has 4 rings (SSSR count). The Bertz CT molecular complexity index is 1380. The van der Waals surface area contributed by atoms with E-state index in [1.165, 1.54) is 12.1 Å². The number of nitrogens with one attached hydrogen (secondary N) is 3. The summed E-state index contributed by atoms with van der Waals surface area (Å²) in [6, 6.07) is 4.67. The number of halogens is 1. The van der Waals surface area contributed by atoms with Crippen molar-refractivity contribution in [3.8, 4) is 0 Å². The molecule has 2 aliphatic rings. The Hall–Kier alpha value is -3.80. The van der Waals surface area contributed by atoms with Gasteiger partial charge in [-0.2, -0.15) is 5.10 Å². The van der Waals surface area contributed by atoms with Crippen LogP contribution in [0.5, 0.6) is 0 Å². The highest BCUT2D eigenvalue weighted by Crippen LogP contribution is 2.33. The van der Waals surface area contributed by atoms with Crippen LogP contribution in [0.3, 0.4) is 0 Å². The molecular weight excluding hydrogens is 601 g/mol. The second-order valence-corrected chi connectivity index (χ2v) is 13.4. The van der Waals surface area contributed by atoms with Crippen molar-refractivity contribution in [2.45, 2.75) is 97.2 Å². The van der Waals surface area contributed by atoms with Gasteiger partial charge in [0, 0.05) is 63.2 Å². The van der Waals surface area contributed by atoms with Crippen LogP contribution < -0.4 is 16.0 Å². The van der Waals surface area contributed by atoms with Crippen molar-refractivity contribution in [1.82, 2.24) is 30.2 Å². The fraction of sp³-hybridized carbons (Fsp3) is 0.629. The highest BCUT2D eigenvalue weighted by atomic mass is 19.1. The molecule has 4 amide bonds. The average Bonchev–Trinajstić information content (AvgIpc) is 3.37. The van der Waals surface area contributed by atoms with Crippen molar-refractivity contribution in [3.63, 3.8) is 0 Å². The molecule has 0 radical (unpaired) electrons. The number of hydrogen-bond acceptors (Lipinski definition) is 6. The molecule has 1 aliphatic carbocycles. The molecule has 3 atom stereocenters. The Kier molecular flexibility index (Phi) is 12.9. The van der Waals surface area contributed by atoms with E-state index in [4.69, 9.17) is 0 Å². The summed E-state index contributed by atoms with van der Waals surface area (Å²) in [5, 5.41) is 12.6. The first-order chi connectivity index (χ1) is 22.5. The fourth-order valence-electron chi connectivity index (χ4n) is 6.72. The van der Waals surface area contributed by atoms with Gasteiger partial charge < -0.3 is 25.8 Å². The lowest BCUT2D eigenvalue weighted by Crippen LogP contribution is -2.57. The smallest absolute Gasteiger partial charge is 0.315 e. The zero-order valence-corrected chi connectivity index (χ0v) is 28.6. The summed E-state index contributed by atoms with van der Waals surface area (Å²) in [7, 11) is 2.00. The maximum atomic E-state index is 15.7. The van der Waals surface area contributed by atoms with E-state index in [0.717, 1.165) is 51.6 Å². The van der Waals surface area contributed by atoms with E-state index in [0.29, 0.717) is 30.9 Å². The lowest BCUT2D eigenvalue weighted by atomic mass is 9.81. The third kappa shape index (κ3) is 9.62. The van der Waals surface area contributed by atoms with Gasteiger partial charge in [-0.3, -0.25) is 19.1 Å². The van der Waals surface area contributed by atoms with E-state index < -0.39 is 29.7 Å². The van der Waals surface area contributed by atoms with Gasteiger partial charge in [0.1, 0.15) is 17.6 Å². The van der Waals surface area contributed by atoms with Crippen molar-refractivity contribution >= 4 is 29.3 Å². The zero-order chi connectivity index (χ0) is 34.1. The van der Waals surface area contributed by atoms with Gasteiger partial charge in [-0.15, -0.1) is 0 Å². The minimum absolute atomic E-state index is 0.0167. The first-order valence-corrected chi connectivity index (χ1v) is 17.2. The van der Waals surface area contributed by atoms with Gasteiger partial charge in [0.25, 0.3) is 0 Å². The maximum absolute atomic E-state index is 15.7. The first kappa shape index (κ1) is 36.0. The lowest BCUT2D eigenvalue weighted by molar-refractivity contribution is -0.135. The number of likely N-dealkylation sites (N-methyl/N-ethyl adjacent to an activating group) is 1. The Morgan fingerprint density at radius 1 is 0.957 bits per heavy atom. The van der Waals surface area contributed by atoms with Gasteiger partial charge in [-0.25, -0.2) is 9.18 Å². The Balaban J connectivity index is 1.53. The number of carbonyl (C=O) groups excluding carboxylic acids is 4. The molecule has 0 bridgehead atoms. The topological polar surface area (TPSA) is 129 Å². The predicted molar refractivity (Wildman–Crippen MR) is 180 cm³/mol. The summed E-state index contributed by atoms with van der Waals surface area (Å²) in [6.45, 7) is 10.4. The molecule has 2 fully saturated rings. The summed E-state index contributed by atoms with van der Waals surface area (Å²) in [4.78, 5) is 57.5. The quantitative estimate of drug-likeness (QED) is 0.223. The summed E-state index contributed by atoms with van der Waals surface area (Å²) in [5.41, 5.74) is 1.00. The van der Waals surface area contributed by atoms with E-state index in [-0.39, 0.29) is 41.7 Å². The number of urea groups is 1. The molecule has 11 nitrogen and oxygen atoms in total. The Morgan fingerprint density at radius 2 is 1.64 bits per heavy atom. The van der Waals surface area contributed by atoms with E-state index in [9.17, 15) is 19.2 Å². The van der Waals surface area contributed by atoms with Crippen LogP contribution in [0.2, 0.25) is 0 Å². The van der Waals surface area contributed by atoms with E-state index in [1.807, 2.05) is 27.8 Å². The van der Waals surface area contributed by atoms with Gasteiger partial charge >= 0.3 is 6.03 Å². The second-order valence-electron chi connectivity index (χ2n) is 13.4. The zero-order valence-electron chi connectivity index (χ0n) is 28.6. The molecule has 2 aromatic rings. The van der Waals surface area contributed by atoms with Crippen molar-refractivity contribution in [2.75, 3.05) is 38.5 Å². The van der Waals surface area contributed by atoms with Crippen LogP contribution in [-0.4, -0.2) is 88.5 Å². The molecule has 1 saturated heterocycles. The number of hydrogen-bond donors (Lipinski definition) is 3. The third-order valence-electron chi connectivity index (χ3n) is 9.58. The van der Waals surface area contributed by atoms with Crippen LogP contribution in [-0.2, 0) is 16.1 Å². The standard InChI is InChI=1S/C35H52FN7O4/c1-6-43-30(15-16-37-43)31(44)22-27(25-11-9-7-8-10-12-25)33(45)39-29-14-13-26(21-28(29)36)24(4)32(40-35(47)38-23(2)3)34(46)42-19-17-41(5)18-20-42/h13-16,21,23-25,27,32H,6-12,17-20,22H2,1-5H3,(H,39,45)(H2,38,40,47)/t24-,27-,32+/m0/s1. The number of piperazine rings is 1. The van der Waals surface area contributed by atoms with E-state index in [2.05, 4.69) is 25.9 Å². The average molecular weight is 654 g/mol. The molecule has 0 spiro atoms. The normalized spacial score (nSPS) is 18.2. The Labute approximate surface area is 278 Å². The summed E-state index contributed by atoms with van der Waals surface area (Å²) >= 11 is 0. The number of aromatic nitrogens is 2. The van der Waals surface area contributed by atoms with Gasteiger partial charge in [0.15, 0.2) is 5.78 Å². The number of ketones is 1. The monoisotopic (exact) mass is 653 g/mol. The molecule has 1 aromatic carbocycles. The van der Waals surface area contributed by atoms with Gasteiger partial charge in [0.2, 0.25) is 11.8 Å². The fourth-order valence-corrected chi connectivity index (χ4v) is 6.72. The van der Waals surface area contributed by atoms with E-state index in [1.54, 1.807) is 34.8 Å². The minimum atomic E-state index is -0.917. The molecule has 2 heterocycles. The first-order valence-electron chi connectivity index (χ1n) is 17.2. The molecule has 1 saturated carbocycles. The van der Waals surface area contributed by atoms with Crippen molar-refractivity contribution in [1.29, 1.82) is 0 Å². The lowest BCUT2D eigenvalue weighted by Gasteiger charge is -2.36. The number of nitrogens with zero attached hydrogens (tertiary/aromatic N) is 4. The number of Topliss-reactive ketones (excluding diaryl/α,β-unsaturated/α-hetero) is 1. The van der Waals surface area contributed by atoms with Gasteiger partial charge in [-0.1, -0.05) is 38.7 Å². The molecule has 1 aromatic heterocycles. The van der Waals surface area contributed by atoms with Crippen LogP contribution >= 0.6 is 0 Å². The number of anilines is 1. The largest absolute Gasteiger partial charge is 0.338 e. The second kappa shape index (κ2) is 16.9. The minimum Gasteiger partial charge on any atom is -0.338 e. The molecule has 258 valence electrons. The van der Waals surface area contributed by atoms with E-state index >= 15 is 4.39 Å². The number of aryl methyl sites for hydroxylation is 1. The molecule has 1 aliphatic heterocycles. The summed E-state index contributed by atoms with van der Waals surface area (Å²) in [5.74, 6) is -2.53. The third-order valence-corrected chi connectivity index (χ3v) is 9.58. The Morgan fingerprint density at radius 3 is 2.26 bits per heavy atom. The molecule has 3 N–H and O–H groups in total. The van der Waals surface area contributed by atoms with Crippen LogP contribution in [0.1, 0.15) is 94.6 Å². The molecule has 0 unspecified atom stereocenters. The molecule has 12 heteroatoms. The van der Waals surface area contributed by atoms with Crippen LogP contribution in [0.25, 0.3) is 0 Å². The number of benzene rings is 1. The van der Waals surface area contributed by atoms with Gasteiger partial charge in [0.05, 0.1) is 5.69 Å². The number of amides is 4. The maximum Gasteiger partial charge on any atom is 0.315 e. The summed E-state index contributed by atoms with van der Waals surface area (Å²) < 4.78 is 17.4. The SMILES string of the molecule is CCn1nccc1C(=O)C[C@H](C(=O)Nc1ccc([C@H](C)[C@@H](NC(=O)NC(C)C)C(=O)N2CCN(C)CC2)cc1F)C1CCCCCC1. The van der Waals surface area contributed by atoms with Crippen molar-refractivity contribution in [2.24, 2.45) is 11.8 Å². The van der Waals surface area contributed by atoms with Gasteiger partial charge in [-0.05, 0) is 70.3 Å². The predicted octanol–water partition coefficient (Wildman–Crippen LogP) is 4.79. The highest BCUT2D eigenvalue weighted by molar-refractivity contribution is 6.00. The molecular formula is C35H52FN7O4. The highest BCUT2D eigenvalue weighted by Gasteiger charge is 2.35. The number of rotatable bonds is 12.